The molecule has 5 rings (SSSR count). The van der Waals surface area contributed by atoms with Gasteiger partial charge in [-0.2, -0.15) is 5.10 Å². The number of esters is 1. The third kappa shape index (κ3) is 2.93. The molecule has 3 aliphatic heterocycles. The van der Waals surface area contributed by atoms with Gasteiger partial charge in [-0.05, 0) is 55.5 Å². The van der Waals surface area contributed by atoms with Crippen LogP contribution in [-0.2, 0) is 14.3 Å². The predicted octanol–water partition coefficient (Wildman–Crippen LogP) is 2.70. The Balaban J connectivity index is 1.63. The zero-order valence-electron chi connectivity index (χ0n) is 16.2. The first-order valence-electron chi connectivity index (χ1n) is 9.88. The summed E-state index contributed by atoms with van der Waals surface area (Å²) in [5.74, 6) is -0.289. The van der Waals surface area contributed by atoms with Crippen LogP contribution < -0.4 is 5.43 Å². The fraction of sp³-hybridized carbons (Fsp3) is 0.364. The molecule has 0 radical (unpaired) electrons. The van der Waals surface area contributed by atoms with Crippen LogP contribution in [0.3, 0.4) is 0 Å². The summed E-state index contributed by atoms with van der Waals surface area (Å²) in [6.07, 6.45) is 6.08. The summed E-state index contributed by atoms with van der Waals surface area (Å²) in [5, 5.41) is 4.69. The van der Waals surface area contributed by atoms with Crippen LogP contribution in [0.1, 0.15) is 37.1 Å². The van der Waals surface area contributed by atoms with Crippen molar-refractivity contribution in [1.29, 1.82) is 0 Å². The molecule has 2 saturated heterocycles. The second-order valence-electron chi connectivity index (χ2n) is 7.59. The molecule has 0 amide bonds. The van der Waals surface area contributed by atoms with Gasteiger partial charge in [0.15, 0.2) is 5.60 Å². The van der Waals surface area contributed by atoms with Crippen LogP contribution in [-0.4, -0.2) is 40.5 Å². The van der Waals surface area contributed by atoms with E-state index in [2.05, 4.69) is 20.5 Å². The lowest BCUT2D eigenvalue weighted by Crippen LogP contribution is -2.39. The summed E-state index contributed by atoms with van der Waals surface area (Å²) in [7, 11) is 1.42. The zero-order valence-corrected chi connectivity index (χ0v) is 16.2. The molecule has 2 bridgehead atoms. The van der Waals surface area contributed by atoms with Crippen molar-refractivity contribution in [1.82, 2.24) is 15.4 Å². The molecule has 7 heteroatoms. The number of hydrogen-bond donors (Lipinski definition) is 1. The van der Waals surface area contributed by atoms with Crippen molar-refractivity contribution in [3.05, 3.63) is 65.8 Å². The molecular formula is C22H22N4O3. The van der Waals surface area contributed by atoms with Crippen molar-refractivity contribution in [2.24, 2.45) is 11.0 Å². The number of hydrazone groups is 1. The summed E-state index contributed by atoms with van der Waals surface area (Å²) < 4.78 is 11.5. The molecule has 2 unspecified atom stereocenters. The van der Waals surface area contributed by atoms with Crippen molar-refractivity contribution in [2.75, 3.05) is 7.11 Å². The van der Waals surface area contributed by atoms with Crippen LogP contribution in [0.2, 0.25) is 0 Å². The van der Waals surface area contributed by atoms with Gasteiger partial charge in [0.2, 0.25) is 0 Å². The first-order chi connectivity index (χ1) is 14.2. The average Bonchev–Trinajstić information content (AvgIpc) is 3.14. The SMILES string of the molecule is COC(=O)[C@]12CCC(O1)C1=C(c3ccccn3)NN=C(c3ccccn3)C1CC2. The Morgan fingerprint density at radius 2 is 1.83 bits per heavy atom. The van der Waals surface area contributed by atoms with Gasteiger partial charge in [-0.25, -0.2) is 4.79 Å². The van der Waals surface area contributed by atoms with E-state index in [0.29, 0.717) is 12.8 Å². The van der Waals surface area contributed by atoms with Gasteiger partial charge in [-0.3, -0.25) is 15.4 Å². The van der Waals surface area contributed by atoms with Crippen molar-refractivity contribution in [3.8, 4) is 0 Å². The first kappa shape index (κ1) is 18.0. The Morgan fingerprint density at radius 1 is 1.10 bits per heavy atom. The fourth-order valence-corrected chi connectivity index (χ4v) is 4.70. The van der Waals surface area contributed by atoms with E-state index in [9.17, 15) is 4.79 Å². The van der Waals surface area contributed by atoms with Crippen LogP contribution >= 0.6 is 0 Å². The number of nitrogens with zero attached hydrogens (tertiary/aromatic N) is 3. The van der Waals surface area contributed by atoms with Crippen LogP contribution in [0, 0.1) is 5.92 Å². The minimum absolute atomic E-state index is 0.0000118. The van der Waals surface area contributed by atoms with Gasteiger partial charge in [0, 0.05) is 18.3 Å². The molecule has 2 aromatic rings. The van der Waals surface area contributed by atoms with Crippen LogP contribution in [0.25, 0.3) is 5.70 Å². The molecule has 7 nitrogen and oxygen atoms in total. The van der Waals surface area contributed by atoms with Crippen LogP contribution in [0.5, 0.6) is 0 Å². The fourth-order valence-electron chi connectivity index (χ4n) is 4.70. The Hall–Kier alpha value is -3.06. The zero-order chi connectivity index (χ0) is 19.8. The maximum absolute atomic E-state index is 12.6. The summed E-state index contributed by atoms with van der Waals surface area (Å²) in [5.41, 5.74) is 6.82. The predicted molar refractivity (Wildman–Crippen MR) is 107 cm³/mol. The van der Waals surface area contributed by atoms with Crippen molar-refractivity contribution in [3.63, 3.8) is 0 Å². The number of rotatable bonds is 3. The van der Waals surface area contributed by atoms with Gasteiger partial charge in [-0.15, -0.1) is 0 Å². The standard InChI is InChI=1S/C22H22N4O3/c1-28-21(27)22-10-8-14-18(17(29-22)9-11-22)20(16-7-3-5-13-24-16)26-25-19(14)15-6-2-4-12-23-15/h2-7,12-14,17,26H,8-11H2,1H3/t14?,17?,22-/m0/s1. The smallest absolute Gasteiger partial charge is 0.338 e. The highest BCUT2D eigenvalue weighted by Crippen LogP contribution is 2.48. The third-order valence-electron chi connectivity index (χ3n) is 6.05. The number of fused-ring (bicyclic) bond motifs is 4. The summed E-state index contributed by atoms with van der Waals surface area (Å²) >= 11 is 0. The second-order valence-corrected chi connectivity index (χ2v) is 7.59. The maximum Gasteiger partial charge on any atom is 0.338 e. The molecular weight excluding hydrogens is 368 g/mol. The molecule has 148 valence electrons. The van der Waals surface area contributed by atoms with E-state index in [1.54, 1.807) is 12.4 Å². The lowest BCUT2D eigenvalue weighted by molar-refractivity contribution is -0.166. The molecule has 2 fully saturated rings. The number of nitrogens with one attached hydrogen (secondary N) is 1. The number of carbonyl (C=O) groups is 1. The third-order valence-corrected chi connectivity index (χ3v) is 6.05. The van der Waals surface area contributed by atoms with Crippen molar-refractivity contribution < 1.29 is 14.3 Å². The Labute approximate surface area is 168 Å². The van der Waals surface area contributed by atoms with Gasteiger partial charge in [0.05, 0.1) is 36.0 Å². The lowest BCUT2D eigenvalue weighted by atomic mass is 9.77. The molecule has 29 heavy (non-hydrogen) atoms. The number of pyridine rings is 2. The minimum atomic E-state index is -0.881. The average molecular weight is 390 g/mol. The molecule has 3 atom stereocenters. The molecule has 0 aliphatic carbocycles. The number of hydrogen-bond acceptors (Lipinski definition) is 7. The molecule has 0 aromatic carbocycles. The van der Waals surface area contributed by atoms with E-state index in [0.717, 1.165) is 41.2 Å². The summed E-state index contributed by atoms with van der Waals surface area (Å²) in [6.45, 7) is 0. The van der Waals surface area contributed by atoms with Crippen molar-refractivity contribution >= 4 is 17.4 Å². The number of methoxy groups -OCH3 is 1. The molecule has 2 aromatic heterocycles. The number of aromatic nitrogens is 2. The Kier molecular flexibility index (Phi) is 4.39. The first-order valence-corrected chi connectivity index (χ1v) is 9.88. The van der Waals surface area contributed by atoms with E-state index in [-0.39, 0.29) is 18.0 Å². The minimum Gasteiger partial charge on any atom is -0.467 e. The van der Waals surface area contributed by atoms with Crippen LogP contribution in [0.4, 0.5) is 0 Å². The largest absolute Gasteiger partial charge is 0.467 e. The van der Waals surface area contributed by atoms with Gasteiger partial charge >= 0.3 is 5.97 Å². The second kappa shape index (κ2) is 7.08. The highest BCUT2D eigenvalue weighted by atomic mass is 16.6. The highest BCUT2D eigenvalue weighted by molar-refractivity contribution is 6.04. The number of carbonyl (C=O) groups excluding carboxylic acids is 1. The van der Waals surface area contributed by atoms with Gasteiger partial charge < -0.3 is 9.47 Å². The van der Waals surface area contributed by atoms with E-state index < -0.39 is 5.60 Å². The quantitative estimate of drug-likeness (QED) is 0.811. The summed E-state index contributed by atoms with van der Waals surface area (Å²) in [6, 6.07) is 11.6. The topological polar surface area (TPSA) is 85.7 Å². The molecule has 3 aliphatic rings. The Morgan fingerprint density at radius 3 is 2.52 bits per heavy atom. The summed E-state index contributed by atoms with van der Waals surface area (Å²) in [4.78, 5) is 21.6. The van der Waals surface area contributed by atoms with Crippen LogP contribution in [0.15, 0.2) is 59.5 Å². The van der Waals surface area contributed by atoms with Gasteiger partial charge in [0.1, 0.15) is 0 Å². The molecule has 0 spiro atoms. The highest BCUT2D eigenvalue weighted by Gasteiger charge is 2.53. The van der Waals surface area contributed by atoms with E-state index >= 15 is 0 Å². The Bertz CT molecular complexity index is 990. The van der Waals surface area contributed by atoms with Gasteiger partial charge in [0.25, 0.3) is 0 Å². The number of ether oxygens (including phenoxy) is 2. The van der Waals surface area contributed by atoms with Gasteiger partial charge in [-0.1, -0.05) is 12.1 Å². The van der Waals surface area contributed by atoms with Crippen molar-refractivity contribution in [2.45, 2.75) is 37.4 Å². The maximum atomic E-state index is 12.6. The normalized spacial score (nSPS) is 28.1. The van der Waals surface area contributed by atoms with E-state index in [1.807, 2.05) is 36.4 Å². The molecule has 5 heterocycles. The lowest BCUT2D eigenvalue weighted by Gasteiger charge is -2.30. The monoisotopic (exact) mass is 390 g/mol. The van der Waals surface area contributed by atoms with E-state index in [4.69, 9.17) is 9.47 Å². The molecule has 1 N–H and O–H groups in total. The molecule has 0 saturated carbocycles. The van der Waals surface area contributed by atoms with E-state index in [1.165, 1.54) is 7.11 Å².